The number of methoxy groups -OCH3 is 2. The Hall–Kier alpha value is -1.98. The first kappa shape index (κ1) is 14.9. The zero-order chi connectivity index (χ0) is 16.1. The molecule has 3 rings (SSSR count). The van der Waals surface area contributed by atoms with Crippen LogP contribution in [0.2, 0.25) is 0 Å². The average Bonchev–Trinajstić information content (AvgIpc) is 2.43. The number of aliphatic hydroxyl groups is 2. The van der Waals surface area contributed by atoms with Crippen molar-refractivity contribution in [2.75, 3.05) is 14.2 Å². The number of aromatic hydroxyl groups is 1. The van der Waals surface area contributed by atoms with E-state index in [1.165, 1.54) is 20.3 Å². The monoisotopic (exact) mass is 304 g/mol. The van der Waals surface area contributed by atoms with E-state index in [4.69, 9.17) is 9.47 Å². The number of phenolic OH excluding ortho intramolecular Hbond substituents is 1. The first-order chi connectivity index (χ1) is 10.4. The molecule has 0 radical (unpaired) electrons. The van der Waals surface area contributed by atoms with Crippen LogP contribution in [0.25, 0.3) is 10.8 Å². The van der Waals surface area contributed by atoms with Crippen LogP contribution in [0.15, 0.2) is 18.2 Å². The molecule has 0 saturated heterocycles. The smallest absolute Gasteiger partial charge is 0.136 e. The lowest BCUT2D eigenvalue weighted by molar-refractivity contribution is -0.00814. The number of benzene rings is 2. The van der Waals surface area contributed by atoms with Crippen LogP contribution in [0.1, 0.15) is 30.6 Å². The lowest BCUT2D eigenvalue weighted by atomic mass is 9.78. The molecule has 0 aromatic heterocycles. The lowest BCUT2D eigenvalue weighted by Gasteiger charge is -2.34. The van der Waals surface area contributed by atoms with Gasteiger partial charge >= 0.3 is 0 Å². The average molecular weight is 304 g/mol. The van der Waals surface area contributed by atoms with Crippen molar-refractivity contribution in [3.63, 3.8) is 0 Å². The summed E-state index contributed by atoms with van der Waals surface area (Å²) in [5, 5.41) is 32.3. The Bertz CT molecular complexity index is 736. The molecule has 0 spiro atoms. The number of fused-ring (bicyclic) bond motifs is 2. The van der Waals surface area contributed by atoms with Crippen molar-refractivity contribution in [3.05, 3.63) is 29.3 Å². The van der Waals surface area contributed by atoms with Crippen molar-refractivity contribution in [1.29, 1.82) is 0 Å². The maximum absolute atomic E-state index is 10.4. The van der Waals surface area contributed by atoms with Gasteiger partial charge in [0.2, 0.25) is 0 Å². The van der Waals surface area contributed by atoms with Crippen LogP contribution in [-0.4, -0.2) is 35.1 Å². The third-order valence-electron chi connectivity index (χ3n) is 4.25. The Labute approximate surface area is 128 Å². The number of hydrogen-bond donors (Lipinski definition) is 3. The standard InChI is InChI=1S/C17H20O5/c1-17(20)7-10-4-9-5-11(21-2)6-12(18)14(9)16(22-3)15(10)13(19)8-17/h4-6,13,18-20H,7-8H2,1-3H3/t13-,17+/m1/s1. The maximum atomic E-state index is 10.4. The maximum Gasteiger partial charge on any atom is 0.136 e. The molecule has 1 aliphatic rings. The first-order valence-electron chi connectivity index (χ1n) is 7.17. The fourth-order valence-electron chi connectivity index (χ4n) is 3.37. The number of aliphatic hydroxyl groups excluding tert-OH is 1. The Balaban J connectivity index is 2.35. The molecule has 5 heteroatoms. The molecule has 0 unspecified atom stereocenters. The van der Waals surface area contributed by atoms with E-state index < -0.39 is 11.7 Å². The van der Waals surface area contributed by atoms with Crippen molar-refractivity contribution < 1.29 is 24.8 Å². The highest BCUT2D eigenvalue weighted by molar-refractivity contribution is 5.96. The Morgan fingerprint density at radius 2 is 1.91 bits per heavy atom. The van der Waals surface area contributed by atoms with E-state index in [2.05, 4.69) is 0 Å². The highest BCUT2D eigenvalue weighted by Crippen LogP contribution is 2.47. The Morgan fingerprint density at radius 1 is 1.18 bits per heavy atom. The van der Waals surface area contributed by atoms with Gasteiger partial charge in [-0.1, -0.05) is 6.07 Å². The van der Waals surface area contributed by atoms with Gasteiger partial charge in [-0.2, -0.15) is 0 Å². The minimum absolute atomic E-state index is 0.0403. The van der Waals surface area contributed by atoms with E-state index in [9.17, 15) is 15.3 Å². The van der Waals surface area contributed by atoms with Gasteiger partial charge in [0.05, 0.1) is 31.3 Å². The SMILES string of the molecule is COc1cc(O)c2c(OC)c3c(cc2c1)C[C@](C)(O)C[C@H]3O. The van der Waals surface area contributed by atoms with Gasteiger partial charge in [0, 0.05) is 24.5 Å². The molecule has 0 amide bonds. The van der Waals surface area contributed by atoms with Gasteiger partial charge < -0.3 is 24.8 Å². The molecule has 2 aromatic rings. The van der Waals surface area contributed by atoms with Crippen molar-refractivity contribution in [2.45, 2.75) is 31.5 Å². The summed E-state index contributed by atoms with van der Waals surface area (Å²) >= 11 is 0. The van der Waals surface area contributed by atoms with Crippen LogP contribution in [0.4, 0.5) is 0 Å². The summed E-state index contributed by atoms with van der Waals surface area (Å²) < 4.78 is 10.7. The summed E-state index contributed by atoms with van der Waals surface area (Å²) in [7, 11) is 3.04. The van der Waals surface area contributed by atoms with Crippen molar-refractivity contribution in [2.24, 2.45) is 0 Å². The lowest BCUT2D eigenvalue weighted by Crippen LogP contribution is -2.34. The molecule has 0 heterocycles. The third kappa shape index (κ3) is 2.26. The van der Waals surface area contributed by atoms with Crippen LogP contribution in [0.5, 0.6) is 17.2 Å². The molecular weight excluding hydrogens is 284 g/mol. The summed E-state index contributed by atoms with van der Waals surface area (Å²) in [6, 6.07) is 5.18. The quantitative estimate of drug-likeness (QED) is 0.793. The van der Waals surface area contributed by atoms with Crippen molar-refractivity contribution in [3.8, 4) is 17.2 Å². The zero-order valence-electron chi connectivity index (χ0n) is 12.9. The van der Waals surface area contributed by atoms with Crippen LogP contribution in [0.3, 0.4) is 0 Å². The summed E-state index contributed by atoms with van der Waals surface area (Å²) in [5.41, 5.74) is 0.495. The molecule has 5 nitrogen and oxygen atoms in total. The molecule has 3 N–H and O–H groups in total. The molecular formula is C17H20O5. The highest BCUT2D eigenvalue weighted by Gasteiger charge is 2.36. The highest BCUT2D eigenvalue weighted by atomic mass is 16.5. The van der Waals surface area contributed by atoms with E-state index in [1.807, 2.05) is 6.07 Å². The molecule has 2 atom stereocenters. The molecule has 0 bridgehead atoms. The normalized spacial score (nSPS) is 24.1. The second kappa shape index (κ2) is 5.04. The van der Waals surface area contributed by atoms with E-state index in [0.717, 1.165) is 10.9 Å². The summed E-state index contributed by atoms with van der Waals surface area (Å²) in [4.78, 5) is 0. The second-order valence-electron chi connectivity index (χ2n) is 6.12. The minimum Gasteiger partial charge on any atom is -0.507 e. The predicted molar refractivity (Wildman–Crippen MR) is 82.6 cm³/mol. The summed E-state index contributed by atoms with van der Waals surface area (Å²) in [6.45, 7) is 1.71. The van der Waals surface area contributed by atoms with Crippen LogP contribution in [-0.2, 0) is 6.42 Å². The van der Waals surface area contributed by atoms with Gasteiger partial charge in [-0.05, 0) is 23.9 Å². The molecule has 118 valence electrons. The van der Waals surface area contributed by atoms with E-state index in [-0.39, 0.29) is 12.2 Å². The molecule has 22 heavy (non-hydrogen) atoms. The summed E-state index contributed by atoms with van der Waals surface area (Å²) in [5.74, 6) is 1.03. The van der Waals surface area contributed by atoms with Gasteiger partial charge in [0.15, 0.2) is 0 Å². The van der Waals surface area contributed by atoms with E-state index in [1.54, 1.807) is 13.0 Å². The number of phenols is 1. The van der Waals surface area contributed by atoms with Gasteiger partial charge in [-0.25, -0.2) is 0 Å². The van der Waals surface area contributed by atoms with Gasteiger partial charge in [-0.3, -0.25) is 0 Å². The van der Waals surface area contributed by atoms with E-state index in [0.29, 0.717) is 28.9 Å². The first-order valence-corrected chi connectivity index (χ1v) is 7.17. The molecule has 0 fully saturated rings. The largest absolute Gasteiger partial charge is 0.507 e. The topological polar surface area (TPSA) is 79.2 Å². The molecule has 0 aliphatic heterocycles. The van der Waals surface area contributed by atoms with Gasteiger partial charge in [0.25, 0.3) is 0 Å². The van der Waals surface area contributed by atoms with Crippen molar-refractivity contribution in [1.82, 2.24) is 0 Å². The fourth-order valence-corrected chi connectivity index (χ4v) is 3.37. The van der Waals surface area contributed by atoms with Crippen LogP contribution < -0.4 is 9.47 Å². The fraction of sp³-hybridized carbons (Fsp3) is 0.412. The predicted octanol–water partition coefficient (Wildman–Crippen LogP) is 2.29. The Kier molecular flexibility index (Phi) is 3.42. The number of ether oxygens (including phenoxy) is 2. The molecule has 0 saturated carbocycles. The third-order valence-corrected chi connectivity index (χ3v) is 4.25. The molecule has 1 aliphatic carbocycles. The van der Waals surface area contributed by atoms with E-state index >= 15 is 0 Å². The zero-order valence-corrected chi connectivity index (χ0v) is 12.9. The number of rotatable bonds is 2. The second-order valence-corrected chi connectivity index (χ2v) is 6.12. The van der Waals surface area contributed by atoms with Gasteiger partial charge in [-0.15, -0.1) is 0 Å². The van der Waals surface area contributed by atoms with Crippen LogP contribution in [0, 0.1) is 0 Å². The number of hydrogen-bond acceptors (Lipinski definition) is 5. The molecule has 2 aromatic carbocycles. The van der Waals surface area contributed by atoms with Gasteiger partial charge in [0.1, 0.15) is 17.2 Å². The summed E-state index contributed by atoms with van der Waals surface area (Å²) in [6.07, 6.45) is -0.178. The minimum atomic E-state index is -0.966. The van der Waals surface area contributed by atoms with Crippen LogP contribution >= 0.6 is 0 Å². The Morgan fingerprint density at radius 3 is 2.55 bits per heavy atom. The van der Waals surface area contributed by atoms with Crippen molar-refractivity contribution >= 4 is 10.8 Å².